The first-order valence-corrected chi connectivity index (χ1v) is 7.87. The van der Waals surface area contributed by atoms with Crippen LogP contribution in [0, 0.1) is 17.1 Å². The van der Waals surface area contributed by atoms with Gasteiger partial charge in [0.25, 0.3) is 0 Å². The Morgan fingerprint density at radius 1 is 1.21 bits per heavy atom. The van der Waals surface area contributed by atoms with Crippen molar-refractivity contribution in [3.05, 3.63) is 70.0 Å². The lowest BCUT2D eigenvalue weighted by Gasteiger charge is -2.12. The zero-order chi connectivity index (χ0) is 17.4. The fourth-order valence-corrected chi connectivity index (χ4v) is 2.26. The molecular weight excluding hydrogens is 327 g/mol. The van der Waals surface area contributed by atoms with Crippen molar-refractivity contribution in [1.82, 2.24) is 10.6 Å². The Balaban J connectivity index is 1.82. The average molecular weight is 345 g/mol. The zero-order valence-electron chi connectivity index (χ0n) is 13.3. The highest BCUT2D eigenvalue weighted by molar-refractivity contribution is 6.30. The molecule has 0 aliphatic rings. The van der Waals surface area contributed by atoms with E-state index in [2.05, 4.69) is 15.6 Å². The van der Waals surface area contributed by atoms with Crippen molar-refractivity contribution >= 4 is 17.6 Å². The molecule has 0 saturated heterocycles. The summed E-state index contributed by atoms with van der Waals surface area (Å²) in [6, 6.07) is 14.0. The van der Waals surface area contributed by atoms with Crippen molar-refractivity contribution in [1.29, 1.82) is 5.26 Å². The second-order valence-electron chi connectivity index (χ2n) is 5.15. The summed E-state index contributed by atoms with van der Waals surface area (Å²) in [5.41, 5.74) is 1.96. The molecule has 0 fully saturated rings. The van der Waals surface area contributed by atoms with Gasteiger partial charge in [-0.2, -0.15) is 5.26 Å². The molecule has 0 aliphatic heterocycles. The molecule has 0 spiro atoms. The van der Waals surface area contributed by atoms with Crippen molar-refractivity contribution in [3.8, 4) is 6.07 Å². The van der Waals surface area contributed by atoms with E-state index in [-0.39, 0.29) is 6.54 Å². The molecule has 2 rings (SSSR count). The molecule has 2 aromatic rings. The van der Waals surface area contributed by atoms with Crippen LogP contribution in [0.25, 0.3) is 0 Å². The van der Waals surface area contributed by atoms with Gasteiger partial charge in [-0.25, -0.2) is 4.39 Å². The van der Waals surface area contributed by atoms with Crippen molar-refractivity contribution in [2.75, 3.05) is 13.6 Å². The third-order valence-corrected chi connectivity index (χ3v) is 3.72. The Hall–Kier alpha value is -2.58. The molecule has 0 bridgehead atoms. The van der Waals surface area contributed by atoms with Crippen LogP contribution in [0.2, 0.25) is 5.02 Å². The van der Waals surface area contributed by atoms with Crippen molar-refractivity contribution in [2.24, 2.45) is 4.99 Å². The number of benzene rings is 2. The maximum absolute atomic E-state index is 13.8. The van der Waals surface area contributed by atoms with Gasteiger partial charge in [0.1, 0.15) is 5.82 Å². The first kappa shape index (κ1) is 17.8. The van der Waals surface area contributed by atoms with Crippen molar-refractivity contribution < 1.29 is 4.39 Å². The summed E-state index contributed by atoms with van der Waals surface area (Å²) in [7, 11) is 1.66. The van der Waals surface area contributed by atoms with E-state index in [9.17, 15) is 4.39 Å². The third kappa shape index (κ3) is 5.25. The minimum atomic E-state index is -0.404. The molecule has 2 N–H and O–H groups in total. The van der Waals surface area contributed by atoms with E-state index in [1.54, 1.807) is 19.2 Å². The topological polar surface area (TPSA) is 60.2 Å². The van der Waals surface area contributed by atoms with Crippen LogP contribution in [0.5, 0.6) is 0 Å². The largest absolute Gasteiger partial charge is 0.356 e. The van der Waals surface area contributed by atoms with Crippen LogP contribution in [0.1, 0.15) is 16.7 Å². The molecule has 4 nitrogen and oxygen atoms in total. The van der Waals surface area contributed by atoms with Gasteiger partial charge in [-0.05, 0) is 36.2 Å². The summed E-state index contributed by atoms with van der Waals surface area (Å²) in [6.45, 7) is 0.981. The Kier molecular flexibility index (Phi) is 6.59. The first-order chi connectivity index (χ1) is 11.6. The Bertz CT molecular complexity index is 751. The molecular formula is C18H18ClFN4. The highest BCUT2D eigenvalue weighted by atomic mass is 35.5. The Morgan fingerprint density at radius 3 is 2.58 bits per heavy atom. The van der Waals surface area contributed by atoms with E-state index < -0.39 is 5.82 Å². The second kappa shape index (κ2) is 8.90. The van der Waals surface area contributed by atoms with Gasteiger partial charge in [0, 0.05) is 30.7 Å². The number of halogens is 2. The SMILES string of the molecule is CN=C(NCCc1ccc(Cl)cc1)NCc1ccc(C#N)cc1F. The maximum Gasteiger partial charge on any atom is 0.191 e. The lowest BCUT2D eigenvalue weighted by Crippen LogP contribution is -2.38. The van der Waals surface area contributed by atoms with Gasteiger partial charge in [-0.3, -0.25) is 4.99 Å². The number of rotatable bonds is 5. The molecule has 0 unspecified atom stereocenters. The van der Waals surface area contributed by atoms with Gasteiger partial charge in [-0.1, -0.05) is 29.8 Å². The van der Waals surface area contributed by atoms with Gasteiger partial charge in [-0.15, -0.1) is 0 Å². The lowest BCUT2D eigenvalue weighted by molar-refractivity contribution is 0.604. The Morgan fingerprint density at radius 2 is 1.96 bits per heavy atom. The fourth-order valence-electron chi connectivity index (χ4n) is 2.14. The Labute approximate surface area is 146 Å². The number of aliphatic imine (C=N–C) groups is 1. The summed E-state index contributed by atoms with van der Waals surface area (Å²) in [5, 5.41) is 15.7. The summed E-state index contributed by atoms with van der Waals surface area (Å²) < 4.78 is 13.8. The van der Waals surface area contributed by atoms with Gasteiger partial charge in [0.15, 0.2) is 5.96 Å². The van der Waals surface area contributed by atoms with Gasteiger partial charge in [0.2, 0.25) is 0 Å². The zero-order valence-corrected chi connectivity index (χ0v) is 14.1. The van der Waals surface area contributed by atoms with Crippen LogP contribution < -0.4 is 10.6 Å². The number of hydrogen-bond donors (Lipinski definition) is 2. The summed E-state index contributed by atoms with van der Waals surface area (Å²) in [5.74, 6) is 0.186. The summed E-state index contributed by atoms with van der Waals surface area (Å²) in [4.78, 5) is 4.11. The van der Waals surface area contributed by atoms with E-state index in [1.807, 2.05) is 30.3 Å². The smallest absolute Gasteiger partial charge is 0.191 e. The van der Waals surface area contributed by atoms with Gasteiger partial charge < -0.3 is 10.6 Å². The maximum atomic E-state index is 13.8. The van der Waals surface area contributed by atoms with Crippen molar-refractivity contribution in [3.63, 3.8) is 0 Å². The molecule has 0 aliphatic carbocycles. The van der Waals surface area contributed by atoms with Crippen LogP contribution in [0.15, 0.2) is 47.5 Å². The minimum Gasteiger partial charge on any atom is -0.356 e. The highest BCUT2D eigenvalue weighted by Gasteiger charge is 2.05. The number of nitrogens with zero attached hydrogens (tertiary/aromatic N) is 2. The standard InChI is InChI=1S/C18H18ClFN4/c1-22-18(23-9-8-13-3-6-16(19)7-4-13)24-12-15-5-2-14(11-21)10-17(15)20/h2-7,10H,8-9,12H2,1H3,(H2,22,23,24). The number of nitriles is 1. The van der Waals surface area contributed by atoms with Crippen LogP contribution in [0.4, 0.5) is 4.39 Å². The normalized spacial score (nSPS) is 11.0. The lowest BCUT2D eigenvalue weighted by atomic mass is 10.1. The van der Waals surface area contributed by atoms with E-state index in [4.69, 9.17) is 16.9 Å². The van der Waals surface area contributed by atoms with Gasteiger partial charge in [0.05, 0.1) is 11.6 Å². The molecule has 124 valence electrons. The first-order valence-electron chi connectivity index (χ1n) is 7.50. The molecule has 0 atom stereocenters. The molecule has 6 heteroatoms. The molecule has 0 heterocycles. The average Bonchev–Trinajstić information content (AvgIpc) is 2.60. The van der Waals surface area contributed by atoms with E-state index in [0.29, 0.717) is 28.7 Å². The van der Waals surface area contributed by atoms with Crippen molar-refractivity contribution in [2.45, 2.75) is 13.0 Å². The van der Waals surface area contributed by atoms with E-state index in [1.165, 1.54) is 11.6 Å². The molecule has 0 saturated carbocycles. The summed E-state index contributed by atoms with van der Waals surface area (Å²) >= 11 is 5.86. The van der Waals surface area contributed by atoms with E-state index >= 15 is 0 Å². The predicted molar refractivity (Wildman–Crippen MR) is 94.5 cm³/mol. The monoisotopic (exact) mass is 344 g/mol. The van der Waals surface area contributed by atoms with E-state index in [0.717, 1.165) is 6.42 Å². The quantitative estimate of drug-likeness (QED) is 0.646. The molecule has 2 aromatic carbocycles. The predicted octanol–water partition coefficient (Wildman–Crippen LogP) is 3.26. The molecule has 24 heavy (non-hydrogen) atoms. The highest BCUT2D eigenvalue weighted by Crippen LogP contribution is 2.10. The fraction of sp³-hybridized carbons (Fsp3) is 0.222. The van der Waals surface area contributed by atoms with Crippen LogP contribution in [-0.4, -0.2) is 19.6 Å². The van der Waals surface area contributed by atoms with Crippen LogP contribution in [0.3, 0.4) is 0 Å². The molecule has 0 amide bonds. The number of guanidine groups is 1. The van der Waals surface area contributed by atoms with Crippen LogP contribution >= 0.6 is 11.6 Å². The number of nitrogens with one attached hydrogen (secondary N) is 2. The molecule has 0 radical (unpaired) electrons. The second-order valence-corrected chi connectivity index (χ2v) is 5.58. The van der Waals surface area contributed by atoms with Crippen LogP contribution in [-0.2, 0) is 13.0 Å². The summed E-state index contributed by atoms with van der Waals surface area (Å²) in [6.07, 6.45) is 0.823. The number of hydrogen-bond acceptors (Lipinski definition) is 2. The van der Waals surface area contributed by atoms with Gasteiger partial charge >= 0.3 is 0 Å². The molecule has 0 aromatic heterocycles. The third-order valence-electron chi connectivity index (χ3n) is 3.47. The minimum absolute atomic E-state index is 0.290.